The highest BCUT2D eigenvalue weighted by Gasteiger charge is 2.49. The Morgan fingerprint density at radius 1 is 1.09 bits per heavy atom. The number of likely N-dealkylation sites (tertiary alicyclic amines) is 1. The molecule has 1 saturated carbocycles. The standard InChI is InChI=1S/C29H40FN9O6/c1-6-43-24-14-32-23(13-33-24)35-26(40)37(5)20-16-38(10-8-19(20)30)25-31-9-7-22(34-25)36-27(41)44-21-12-18-11-17(21)15-39(18)28(42)45-29(2,3)4/h7,9,13-14,17-21H,6,8,10-12,15-16H2,1-5H3,(H,32,35,40)(H,31,34,36,41)/t17-,18-,19+,20-,21+/m0/s1. The summed E-state index contributed by atoms with van der Waals surface area (Å²) in [5.41, 5.74) is -0.578. The van der Waals surface area contributed by atoms with Gasteiger partial charge in [0.15, 0.2) is 5.82 Å². The molecule has 0 radical (unpaired) electrons. The second-order valence-electron chi connectivity index (χ2n) is 12.4. The molecule has 0 spiro atoms. The lowest BCUT2D eigenvalue weighted by Gasteiger charge is -2.39. The van der Waals surface area contributed by atoms with Crippen molar-refractivity contribution in [3.63, 3.8) is 0 Å². The molecule has 2 bridgehead atoms. The van der Waals surface area contributed by atoms with Gasteiger partial charge in [0.25, 0.3) is 0 Å². The summed E-state index contributed by atoms with van der Waals surface area (Å²) in [4.78, 5) is 59.9. The summed E-state index contributed by atoms with van der Waals surface area (Å²) >= 11 is 0. The van der Waals surface area contributed by atoms with Crippen LogP contribution >= 0.6 is 0 Å². The monoisotopic (exact) mass is 629 g/mol. The molecule has 5 rings (SSSR count). The highest BCUT2D eigenvalue weighted by Crippen LogP contribution is 2.40. The number of likely N-dealkylation sites (N-methyl/N-ethyl adjacent to an activating group) is 1. The Balaban J connectivity index is 1.13. The summed E-state index contributed by atoms with van der Waals surface area (Å²) in [6.45, 7) is 8.67. The molecule has 3 aliphatic rings. The van der Waals surface area contributed by atoms with E-state index in [4.69, 9.17) is 14.2 Å². The smallest absolute Gasteiger partial charge is 0.413 e. The van der Waals surface area contributed by atoms with Crippen molar-refractivity contribution in [2.24, 2.45) is 5.92 Å². The van der Waals surface area contributed by atoms with Gasteiger partial charge in [0.1, 0.15) is 23.7 Å². The van der Waals surface area contributed by atoms with Crippen molar-refractivity contribution in [2.45, 2.75) is 76.9 Å². The van der Waals surface area contributed by atoms with Gasteiger partial charge in [-0.05, 0) is 46.6 Å². The lowest BCUT2D eigenvalue weighted by molar-refractivity contribution is 0.00567. The number of nitrogens with zero attached hydrogens (tertiary/aromatic N) is 7. The third-order valence-electron chi connectivity index (χ3n) is 7.99. The van der Waals surface area contributed by atoms with Crippen LogP contribution in [0.25, 0.3) is 0 Å². The van der Waals surface area contributed by atoms with Crippen molar-refractivity contribution in [1.29, 1.82) is 0 Å². The van der Waals surface area contributed by atoms with E-state index in [1.165, 1.54) is 36.6 Å². The Morgan fingerprint density at radius 3 is 2.56 bits per heavy atom. The van der Waals surface area contributed by atoms with Crippen molar-refractivity contribution in [3.8, 4) is 5.88 Å². The SMILES string of the molecule is CCOc1cnc(NC(=O)N(C)[C@H]2CN(c3nccc(NC(=O)O[C@@H]4C[C@@H]5C[C@H]4CN5C(=O)OC(C)(C)C)n3)CC[C@H]2F)cn1. The zero-order valence-electron chi connectivity index (χ0n) is 26.1. The molecule has 5 atom stereocenters. The molecule has 2 N–H and O–H groups in total. The highest BCUT2D eigenvalue weighted by atomic mass is 19.1. The van der Waals surface area contributed by atoms with E-state index in [0.29, 0.717) is 32.0 Å². The number of ether oxygens (including phenoxy) is 3. The summed E-state index contributed by atoms with van der Waals surface area (Å²) in [5.74, 6) is 1.08. The van der Waals surface area contributed by atoms with E-state index in [1.807, 2.05) is 27.7 Å². The van der Waals surface area contributed by atoms with Gasteiger partial charge in [0.2, 0.25) is 11.8 Å². The van der Waals surface area contributed by atoms with Gasteiger partial charge in [0.05, 0.1) is 25.0 Å². The summed E-state index contributed by atoms with van der Waals surface area (Å²) in [6, 6.07) is 0.162. The number of fused-ring (bicyclic) bond motifs is 2. The normalized spacial score (nSPS) is 24.2. The van der Waals surface area contributed by atoms with Crippen LogP contribution in [0, 0.1) is 5.92 Å². The lowest BCUT2D eigenvalue weighted by Crippen LogP contribution is -2.55. The van der Waals surface area contributed by atoms with Gasteiger partial charge >= 0.3 is 18.2 Å². The maximum atomic E-state index is 15.0. The summed E-state index contributed by atoms with van der Waals surface area (Å²) in [6.07, 6.45) is 3.09. The first-order chi connectivity index (χ1) is 21.4. The number of nitrogens with one attached hydrogen (secondary N) is 2. The number of anilines is 3. The molecule has 4 amide bonds. The number of halogens is 1. The third-order valence-corrected chi connectivity index (χ3v) is 7.99. The number of rotatable bonds is 7. The fourth-order valence-corrected chi connectivity index (χ4v) is 5.84. The molecule has 244 valence electrons. The number of urea groups is 1. The number of amides is 4. The van der Waals surface area contributed by atoms with Crippen LogP contribution in [0.3, 0.4) is 0 Å². The minimum atomic E-state index is -1.27. The molecule has 2 aromatic heterocycles. The van der Waals surface area contributed by atoms with E-state index in [2.05, 4.69) is 30.6 Å². The summed E-state index contributed by atoms with van der Waals surface area (Å²) < 4.78 is 31.5. The van der Waals surface area contributed by atoms with Crippen LogP contribution in [0.1, 0.15) is 47.0 Å². The van der Waals surface area contributed by atoms with Gasteiger partial charge in [0, 0.05) is 51.3 Å². The van der Waals surface area contributed by atoms with Crippen LogP contribution in [0.2, 0.25) is 0 Å². The topological polar surface area (TPSA) is 164 Å². The van der Waals surface area contributed by atoms with Crippen LogP contribution in [0.15, 0.2) is 24.7 Å². The second-order valence-corrected chi connectivity index (χ2v) is 12.4. The fourth-order valence-electron chi connectivity index (χ4n) is 5.84. The van der Waals surface area contributed by atoms with Crippen LogP contribution in [0.4, 0.5) is 36.4 Å². The largest absolute Gasteiger partial charge is 0.477 e. The molecule has 0 aromatic carbocycles. The highest BCUT2D eigenvalue weighted by molar-refractivity contribution is 5.88. The Labute approximate surface area is 260 Å². The van der Waals surface area contributed by atoms with Gasteiger partial charge in [-0.2, -0.15) is 4.98 Å². The number of carbonyl (C=O) groups excluding carboxylic acids is 3. The fraction of sp³-hybridized carbons (Fsp3) is 0.621. The van der Waals surface area contributed by atoms with E-state index < -0.39 is 29.9 Å². The maximum absolute atomic E-state index is 15.0. The summed E-state index contributed by atoms with van der Waals surface area (Å²) in [7, 11) is 1.51. The van der Waals surface area contributed by atoms with Gasteiger partial charge < -0.3 is 28.9 Å². The number of piperidine rings is 2. The molecular weight excluding hydrogens is 589 g/mol. The van der Waals surface area contributed by atoms with E-state index in [0.717, 1.165) is 6.42 Å². The van der Waals surface area contributed by atoms with Crippen LogP contribution in [-0.4, -0.2) is 111 Å². The number of aromatic nitrogens is 4. The van der Waals surface area contributed by atoms with Crippen molar-refractivity contribution in [1.82, 2.24) is 29.7 Å². The second kappa shape index (κ2) is 13.2. The number of alkyl halides is 1. The molecular formula is C29H40FN9O6. The van der Waals surface area contributed by atoms with E-state index in [9.17, 15) is 14.4 Å². The minimum absolute atomic E-state index is 0.0313. The van der Waals surface area contributed by atoms with Gasteiger partial charge in [-0.25, -0.2) is 33.7 Å². The average molecular weight is 630 g/mol. The van der Waals surface area contributed by atoms with Gasteiger partial charge in [-0.3, -0.25) is 10.6 Å². The number of carbonyl (C=O) groups is 3. The Morgan fingerprint density at radius 2 is 1.89 bits per heavy atom. The predicted octanol–water partition coefficient (Wildman–Crippen LogP) is 3.69. The molecule has 16 heteroatoms. The molecule has 15 nitrogen and oxygen atoms in total. The summed E-state index contributed by atoms with van der Waals surface area (Å²) in [5, 5.41) is 5.28. The van der Waals surface area contributed by atoms with Crippen molar-refractivity contribution in [3.05, 3.63) is 24.7 Å². The number of hydrogen-bond acceptors (Lipinski definition) is 11. The van der Waals surface area contributed by atoms with Crippen LogP contribution in [-0.2, 0) is 9.47 Å². The van der Waals surface area contributed by atoms with E-state index >= 15 is 4.39 Å². The number of hydrogen-bond donors (Lipinski definition) is 2. The molecule has 0 unspecified atom stereocenters. The van der Waals surface area contributed by atoms with E-state index in [1.54, 1.807) is 9.80 Å². The van der Waals surface area contributed by atoms with Crippen molar-refractivity contribution < 1.29 is 33.0 Å². The Bertz CT molecular complexity index is 1380. The molecule has 2 aliphatic heterocycles. The van der Waals surface area contributed by atoms with Gasteiger partial charge in [-0.15, -0.1) is 0 Å². The minimum Gasteiger partial charge on any atom is -0.477 e. The molecule has 45 heavy (non-hydrogen) atoms. The first-order valence-corrected chi connectivity index (χ1v) is 15.1. The molecule has 4 heterocycles. The zero-order chi connectivity index (χ0) is 32.3. The molecule has 2 saturated heterocycles. The lowest BCUT2D eigenvalue weighted by atomic mass is 10.0. The van der Waals surface area contributed by atoms with Crippen molar-refractivity contribution in [2.75, 3.05) is 48.8 Å². The molecule has 1 aliphatic carbocycles. The average Bonchev–Trinajstić information content (AvgIpc) is 3.58. The van der Waals surface area contributed by atoms with Crippen LogP contribution < -0.4 is 20.3 Å². The predicted molar refractivity (Wildman–Crippen MR) is 161 cm³/mol. The Kier molecular flexibility index (Phi) is 9.39. The molecule has 3 fully saturated rings. The molecule has 2 aromatic rings. The van der Waals surface area contributed by atoms with Crippen molar-refractivity contribution >= 4 is 35.8 Å². The first-order valence-electron chi connectivity index (χ1n) is 15.1. The third kappa shape index (κ3) is 7.78. The first kappa shape index (κ1) is 31.9. The van der Waals surface area contributed by atoms with Gasteiger partial charge in [-0.1, -0.05) is 0 Å². The Hall–Kier alpha value is -4.50. The quantitative estimate of drug-likeness (QED) is 0.459. The van der Waals surface area contributed by atoms with E-state index in [-0.39, 0.29) is 54.7 Å². The zero-order valence-corrected chi connectivity index (χ0v) is 26.1. The van der Waals surface area contributed by atoms with Crippen LogP contribution in [0.5, 0.6) is 5.88 Å². The maximum Gasteiger partial charge on any atom is 0.413 e.